The summed E-state index contributed by atoms with van der Waals surface area (Å²) in [5.41, 5.74) is 5.29. The van der Waals surface area contributed by atoms with Crippen LogP contribution in [0.1, 0.15) is 59.5 Å². The van der Waals surface area contributed by atoms with Crippen molar-refractivity contribution in [3.63, 3.8) is 0 Å². The van der Waals surface area contributed by atoms with Gasteiger partial charge >= 0.3 is 16.2 Å². The zero-order valence-corrected chi connectivity index (χ0v) is 28.0. The van der Waals surface area contributed by atoms with Gasteiger partial charge in [0.25, 0.3) is 5.91 Å². The average molecular weight is 672 g/mol. The van der Waals surface area contributed by atoms with Gasteiger partial charge < -0.3 is 19.5 Å². The number of rotatable bonds is 6. The number of hydrogen-bond acceptors (Lipinski definition) is 7. The normalized spacial score (nSPS) is 20.1. The summed E-state index contributed by atoms with van der Waals surface area (Å²) in [6, 6.07) is 10.7. The predicted octanol–water partition coefficient (Wildman–Crippen LogP) is 3.27. The third kappa shape index (κ3) is 6.34. The maximum atomic E-state index is 13.5. The smallest absolute Gasteiger partial charge is 0.317 e. The quantitative estimate of drug-likeness (QED) is 0.409. The van der Waals surface area contributed by atoms with Crippen molar-refractivity contribution in [3.05, 3.63) is 53.1 Å². The number of fused-ring (bicyclic) bond motifs is 5. The van der Waals surface area contributed by atoms with Gasteiger partial charge in [-0.05, 0) is 66.6 Å². The van der Waals surface area contributed by atoms with Crippen LogP contribution < -0.4 is 14.8 Å². The van der Waals surface area contributed by atoms with Gasteiger partial charge in [0.1, 0.15) is 5.75 Å². The molecule has 2 fully saturated rings. The summed E-state index contributed by atoms with van der Waals surface area (Å²) in [6.07, 6.45) is 6.03. The van der Waals surface area contributed by atoms with E-state index in [-0.39, 0.29) is 42.2 Å². The zero-order valence-electron chi connectivity index (χ0n) is 26.4. The van der Waals surface area contributed by atoms with Crippen molar-refractivity contribution in [2.24, 2.45) is 0 Å². The lowest BCUT2D eigenvalue weighted by molar-refractivity contribution is 0.0979. The third-order valence-corrected chi connectivity index (χ3v) is 12.5. The van der Waals surface area contributed by atoms with Crippen molar-refractivity contribution in [1.29, 1.82) is 0 Å². The molecule has 2 aromatic carbocycles. The third-order valence-electron chi connectivity index (χ3n) is 9.48. The maximum absolute atomic E-state index is 13.5. The molecule has 0 bridgehead atoms. The number of urea groups is 1. The summed E-state index contributed by atoms with van der Waals surface area (Å²) in [5, 5.41) is 4.18. The van der Waals surface area contributed by atoms with Crippen LogP contribution in [0.2, 0.25) is 0 Å². The lowest BCUT2D eigenvalue weighted by atomic mass is 9.81. The van der Waals surface area contributed by atoms with E-state index in [1.54, 1.807) is 24.1 Å². The average Bonchev–Trinajstić information content (AvgIpc) is 3.24. The second kappa shape index (κ2) is 12.5. The van der Waals surface area contributed by atoms with Crippen LogP contribution in [0, 0.1) is 0 Å². The Morgan fingerprint density at radius 2 is 1.72 bits per heavy atom. The second-order valence-corrected chi connectivity index (χ2v) is 16.9. The molecule has 3 heterocycles. The summed E-state index contributed by atoms with van der Waals surface area (Å²) in [4.78, 5) is 28.2. The van der Waals surface area contributed by atoms with Gasteiger partial charge in [-0.25, -0.2) is 17.9 Å². The highest BCUT2D eigenvalue weighted by Gasteiger charge is 2.33. The molecule has 0 radical (unpaired) electrons. The van der Waals surface area contributed by atoms with Gasteiger partial charge in [0.05, 0.1) is 30.4 Å². The van der Waals surface area contributed by atoms with Crippen LogP contribution in [0.15, 0.2) is 36.4 Å². The molecule has 14 heteroatoms. The summed E-state index contributed by atoms with van der Waals surface area (Å²) in [5.74, 6) is 0.161. The highest BCUT2D eigenvalue weighted by molar-refractivity contribution is 7.91. The van der Waals surface area contributed by atoms with Crippen LogP contribution in [0.5, 0.6) is 5.75 Å². The number of carbonyl (C=O) groups is 2. The highest BCUT2D eigenvalue weighted by atomic mass is 32.2. The van der Waals surface area contributed by atoms with Gasteiger partial charge in [-0.15, -0.1) is 0 Å². The molecular formula is C32H41N5O7S2. The Kier molecular flexibility index (Phi) is 8.81. The highest BCUT2D eigenvalue weighted by Crippen LogP contribution is 2.46. The number of nitrogens with zero attached hydrogens (tertiary/aromatic N) is 3. The van der Waals surface area contributed by atoms with E-state index in [4.69, 9.17) is 4.74 Å². The molecule has 12 nitrogen and oxygen atoms in total. The van der Waals surface area contributed by atoms with E-state index in [0.717, 1.165) is 57.7 Å². The number of nitrogens with one attached hydrogen (secondary N) is 2. The summed E-state index contributed by atoms with van der Waals surface area (Å²) >= 11 is 0. The van der Waals surface area contributed by atoms with E-state index in [1.165, 1.54) is 26.1 Å². The van der Waals surface area contributed by atoms with Gasteiger partial charge in [0.2, 0.25) is 0 Å². The molecule has 3 aliphatic rings. The SMILES string of the molecule is COc1ccc2c(c1)CC(NC(=O)N1CCS(=O)(=O)CC1)Cn1c-2c(C2CCCCC2)c2ccc(C(=O)NS(=O)(=O)N(C)C)cc21. The van der Waals surface area contributed by atoms with E-state index in [9.17, 15) is 26.4 Å². The molecule has 6 rings (SSSR count). The zero-order chi connectivity index (χ0) is 32.8. The van der Waals surface area contributed by atoms with Crippen molar-refractivity contribution in [3.8, 4) is 17.0 Å². The first kappa shape index (κ1) is 32.3. The van der Waals surface area contributed by atoms with Crippen molar-refractivity contribution in [2.45, 2.75) is 57.0 Å². The molecule has 1 saturated carbocycles. The second-order valence-electron chi connectivity index (χ2n) is 12.7. The van der Waals surface area contributed by atoms with E-state index in [2.05, 4.69) is 20.7 Å². The van der Waals surface area contributed by atoms with Gasteiger partial charge in [0.15, 0.2) is 9.84 Å². The molecule has 248 valence electrons. The maximum Gasteiger partial charge on any atom is 0.317 e. The molecule has 46 heavy (non-hydrogen) atoms. The van der Waals surface area contributed by atoms with Crippen molar-refractivity contribution < 1.29 is 31.2 Å². The van der Waals surface area contributed by atoms with Gasteiger partial charge in [-0.1, -0.05) is 25.3 Å². The van der Waals surface area contributed by atoms with Crippen LogP contribution in [0.3, 0.4) is 0 Å². The lowest BCUT2D eigenvalue weighted by Crippen LogP contribution is -2.51. The van der Waals surface area contributed by atoms with Crippen LogP contribution in [0.4, 0.5) is 4.79 Å². The largest absolute Gasteiger partial charge is 0.497 e. The number of ether oxygens (including phenoxy) is 1. The first-order valence-electron chi connectivity index (χ1n) is 15.7. The van der Waals surface area contributed by atoms with Crippen LogP contribution in [0.25, 0.3) is 22.2 Å². The van der Waals surface area contributed by atoms with Crippen LogP contribution in [-0.2, 0) is 33.0 Å². The molecule has 2 aliphatic heterocycles. The van der Waals surface area contributed by atoms with E-state index < -0.39 is 26.0 Å². The minimum Gasteiger partial charge on any atom is -0.497 e. The molecule has 1 aromatic heterocycles. The fourth-order valence-electron chi connectivity index (χ4n) is 6.99. The Hall–Kier alpha value is -3.62. The summed E-state index contributed by atoms with van der Waals surface area (Å²) in [7, 11) is -2.82. The number of benzene rings is 2. The number of hydrogen-bond donors (Lipinski definition) is 2. The lowest BCUT2D eigenvalue weighted by Gasteiger charge is -2.29. The Bertz CT molecular complexity index is 1880. The molecule has 1 saturated heterocycles. The Balaban J connectivity index is 1.48. The van der Waals surface area contributed by atoms with Gasteiger partial charge in [-0.3, -0.25) is 4.79 Å². The number of amides is 3. The molecule has 1 aliphatic carbocycles. The van der Waals surface area contributed by atoms with E-state index in [1.807, 2.05) is 18.2 Å². The minimum absolute atomic E-state index is 0.0589. The fraction of sp³-hybridized carbons (Fsp3) is 0.500. The predicted molar refractivity (Wildman–Crippen MR) is 176 cm³/mol. The molecule has 1 unspecified atom stereocenters. The van der Waals surface area contributed by atoms with Crippen molar-refractivity contribution in [2.75, 3.05) is 45.8 Å². The number of carbonyl (C=O) groups excluding carboxylic acids is 2. The Labute approximate surface area is 270 Å². The molecule has 2 N–H and O–H groups in total. The Morgan fingerprint density at radius 3 is 2.39 bits per heavy atom. The number of sulfone groups is 1. The summed E-state index contributed by atoms with van der Waals surface area (Å²) in [6.45, 7) is 0.681. The number of aromatic nitrogens is 1. The Morgan fingerprint density at radius 1 is 1.00 bits per heavy atom. The summed E-state index contributed by atoms with van der Waals surface area (Å²) < 4.78 is 59.8. The van der Waals surface area contributed by atoms with Crippen LogP contribution in [-0.4, -0.2) is 94.4 Å². The number of methoxy groups -OCH3 is 1. The first-order chi connectivity index (χ1) is 21.9. The van der Waals surface area contributed by atoms with Crippen molar-refractivity contribution in [1.82, 2.24) is 23.8 Å². The standard InChI is InChI=1S/C32H41N5O7S2/c1-35(2)46(42,43)34-31(38)22-9-11-27-28(19-22)37-20-24(33-32(39)36-13-15-45(40,41)16-14-36)17-23-18-25(44-3)10-12-26(23)30(37)29(27)21-7-5-4-6-8-21/h9-12,18-19,21,24H,4-8,13-17,20H2,1-3H3,(H,33,39)(H,34,38). The van der Waals surface area contributed by atoms with Crippen LogP contribution >= 0.6 is 0 Å². The molecular weight excluding hydrogens is 631 g/mol. The van der Waals surface area contributed by atoms with E-state index >= 15 is 0 Å². The molecule has 3 amide bonds. The topological polar surface area (TPSA) is 147 Å². The molecule has 0 spiro atoms. The monoisotopic (exact) mass is 671 g/mol. The minimum atomic E-state index is -4.00. The first-order valence-corrected chi connectivity index (χ1v) is 19.0. The van der Waals surface area contributed by atoms with Crippen molar-refractivity contribution >= 4 is 42.9 Å². The molecule has 3 aromatic rings. The molecule has 1 atom stereocenters. The fourth-order valence-corrected chi connectivity index (χ4v) is 8.73. The van der Waals surface area contributed by atoms with E-state index in [0.29, 0.717) is 24.6 Å². The van der Waals surface area contributed by atoms with Gasteiger partial charge in [-0.2, -0.15) is 12.7 Å². The van der Waals surface area contributed by atoms with Gasteiger partial charge in [0, 0.05) is 55.8 Å².